The van der Waals surface area contributed by atoms with E-state index in [9.17, 15) is 8.78 Å². The van der Waals surface area contributed by atoms with E-state index in [4.69, 9.17) is 10.5 Å². The van der Waals surface area contributed by atoms with Gasteiger partial charge in [0.2, 0.25) is 0 Å². The van der Waals surface area contributed by atoms with Gasteiger partial charge in [0.25, 0.3) is 0 Å². The first-order valence-corrected chi connectivity index (χ1v) is 4.64. The molecule has 0 aliphatic heterocycles. The van der Waals surface area contributed by atoms with Crippen LogP contribution in [0.1, 0.15) is 19.4 Å². The van der Waals surface area contributed by atoms with Gasteiger partial charge in [0.15, 0.2) is 0 Å². The number of hydrogen-bond donors (Lipinski definition) is 1. The highest BCUT2D eigenvalue weighted by Gasteiger charge is 2.19. The molecule has 0 fully saturated rings. The number of rotatable bonds is 3. The Morgan fingerprint density at radius 1 is 1.33 bits per heavy atom. The number of hydrogen-bond acceptors (Lipinski definition) is 2. The summed E-state index contributed by atoms with van der Waals surface area (Å²) in [6, 6.07) is 1.99. The zero-order valence-corrected chi connectivity index (χ0v) is 9.10. The summed E-state index contributed by atoms with van der Waals surface area (Å²) in [7, 11) is 1.38. The third kappa shape index (κ3) is 3.16. The predicted octanol–water partition coefficient (Wildman–Crippen LogP) is 2.25. The van der Waals surface area contributed by atoms with Crippen LogP contribution < -0.4 is 10.5 Å². The lowest BCUT2D eigenvalue weighted by molar-refractivity contribution is 0.390. The fourth-order valence-corrected chi connectivity index (χ4v) is 1.39. The molecule has 4 heteroatoms. The number of benzene rings is 1. The van der Waals surface area contributed by atoms with Crippen molar-refractivity contribution < 1.29 is 13.5 Å². The van der Waals surface area contributed by atoms with Crippen molar-refractivity contribution in [2.75, 3.05) is 7.11 Å². The molecule has 0 atom stereocenters. The minimum absolute atomic E-state index is 0.200. The van der Waals surface area contributed by atoms with Gasteiger partial charge in [-0.05, 0) is 20.3 Å². The largest absolute Gasteiger partial charge is 0.496 e. The maximum Gasteiger partial charge on any atom is 0.133 e. The van der Waals surface area contributed by atoms with Crippen molar-refractivity contribution in [2.24, 2.45) is 5.73 Å². The molecule has 0 saturated carbocycles. The molecule has 15 heavy (non-hydrogen) atoms. The van der Waals surface area contributed by atoms with Crippen molar-refractivity contribution in [3.8, 4) is 5.75 Å². The van der Waals surface area contributed by atoms with Gasteiger partial charge in [-0.3, -0.25) is 0 Å². The van der Waals surface area contributed by atoms with E-state index in [2.05, 4.69) is 0 Å². The molecular formula is C11H15F2NO. The normalized spacial score (nSPS) is 11.6. The van der Waals surface area contributed by atoms with Gasteiger partial charge >= 0.3 is 0 Å². The summed E-state index contributed by atoms with van der Waals surface area (Å²) >= 11 is 0. The minimum Gasteiger partial charge on any atom is -0.496 e. The second kappa shape index (κ2) is 4.14. The van der Waals surface area contributed by atoms with Gasteiger partial charge in [-0.25, -0.2) is 8.78 Å². The maximum absolute atomic E-state index is 13.5. The molecule has 1 rings (SSSR count). The quantitative estimate of drug-likeness (QED) is 0.839. The van der Waals surface area contributed by atoms with Crippen LogP contribution in [-0.4, -0.2) is 12.6 Å². The van der Waals surface area contributed by atoms with Crippen LogP contribution in [0.15, 0.2) is 12.1 Å². The van der Waals surface area contributed by atoms with E-state index < -0.39 is 17.2 Å². The maximum atomic E-state index is 13.5. The topological polar surface area (TPSA) is 35.2 Å². The zero-order chi connectivity index (χ0) is 11.6. The van der Waals surface area contributed by atoms with Crippen molar-refractivity contribution in [3.63, 3.8) is 0 Å². The summed E-state index contributed by atoms with van der Waals surface area (Å²) in [5.41, 5.74) is 5.53. The average molecular weight is 215 g/mol. The van der Waals surface area contributed by atoms with Crippen LogP contribution in [0, 0.1) is 11.6 Å². The summed E-state index contributed by atoms with van der Waals surface area (Å²) < 4.78 is 31.2. The molecule has 0 heterocycles. The van der Waals surface area contributed by atoms with Gasteiger partial charge in [0, 0.05) is 23.2 Å². The van der Waals surface area contributed by atoms with Gasteiger partial charge in [-0.1, -0.05) is 0 Å². The SMILES string of the molecule is COc1cc(F)cc(F)c1CC(C)(C)N. The third-order valence-corrected chi connectivity index (χ3v) is 1.97. The third-order valence-electron chi connectivity index (χ3n) is 1.97. The van der Waals surface area contributed by atoms with Crippen LogP contribution in [0.5, 0.6) is 5.75 Å². The van der Waals surface area contributed by atoms with E-state index >= 15 is 0 Å². The molecule has 0 unspecified atom stereocenters. The lowest BCUT2D eigenvalue weighted by Crippen LogP contribution is -2.34. The van der Waals surface area contributed by atoms with E-state index in [0.29, 0.717) is 12.0 Å². The molecule has 0 spiro atoms. The number of nitrogens with two attached hydrogens (primary N) is 1. The smallest absolute Gasteiger partial charge is 0.133 e. The Hall–Kier alpha value is -1.16. The molecule has 0 aromatic heterocycles. The van der Waals surface area contributed by atoms with Crippen LogP contribution in [0.4, 0.5) is 8.78 Å². The van der Waals surface area contributed by atoms with Crippen molar-refractivity contribution in [1.29, 1.82) is 0 Å². The monoisotopic (exact) mass is 215 g/mol. The summed E-state index contributed by atoms with van der Waals surface area (Å²) in [6.45, 7) is 3.55. The van der Waals surface area contributed by atoms with Crippen LogP contribution in [-0.2, 0) is 6.42 Å². The highest BCUT2D eigenvalue weighted by Crippen LogP contribution is 2.26. The standard InChI is InChI=1S/C11H15F2NO/c1-11(2,14)6-8-9(13)4-7(12)5-10(8)15-3/h4-5H,6,14H2,1-3H3. The molecule has 2 N–H and O–H groups in total. The van der Waals surface area contributed by atoms with E-state index in [0.717, 1.165) is 12.1 Å². The molecule has 2 nitrogen and oxygen atoms in total. The first kappa shape index (κ1) is 11.9. The molecule has 0 amide bonds. The molecule has 1 aromatic rings. The molecule has 0 saturated heterocycles. The van der Waals surface area contributed by atoms with Gasteiger partial charge in [0.05, 0.1) is 7.11 Å². The fraction of sp³-hybridized carbons (Fsp3) is 0.455. The predicted molar refractivity (Wildman–Crippen MR) is 54.9 cm³/mol. The highest BCUT2D eigenvalue weighted by molar-refractivity contribution is 5.36. The first-order chi connectivity index (χ1) is 6.83. The van der Waals surface area contributed by atoms with E-state index in [1.54, 1.807) is 13.8 Å². The van der Waals surface area contributed by atoms with Crippen molar-refractivity contribution in [3.05, 3.63) is 29.3 Å². The Morgan fingerprint density at radius 2 is 1.93 bits per heavy atom. The second-order valence-corrected chi connectivity index (χ2v) is 4.23. The van der Waals surface area contributed by atoms with Crippen molar-refractivity contribution >= 4 is 0 Å². The van der Waals surface area contributed by atoms with Gasteiger partial charge in [0.1, 0.15) is 17.4 Å². The van der Waals surface area contributed by atoms with Gasteiger partial charge in [-0.15, -0.1) is 0 Å². The molecule has 0 bridgehead atoms. The molecular weight excluding hydrogens is 200 g/mol. The van der Waals surface area contributed by atoms with Crippen molar-refractivity contribution in [1.82, 2.24) is 0 Å². The van der Waals surface area contributed by atoms with E-state index in [1.165, 1.54) is 7.11 Å². The highest BCUT2D eigenvalue weighted by atomic mass is 19.1. The van der Waals surface area contributed by atoms with Crippen LogP contribution in [0.3, 0.4) is 0 Å². The Balaban J connectivity index is 3.15. The average Bonchev–Trinajstić information content (AvgIpc) is 2.07. The minimum atomic E-state index is -0.650. The summed E-state index contributed by atoms with van der Waals surface area (Å²) in [5, 5.41) is 0. The van der Waals surface area contributed by atoms with E-state index in [1.807, 2.05) is 0 Å². The Kier molecular flexibility index (Phi) is 3.29. The van der Waals surface area contributed by atoms with Crippen LogP contribution in [0.2, 0.25) is 0 Å². The molecule has 1 aromatic carbocycles. The lowest BCUT2D eigenvalue weighted by atomic mass is 9.95. The number of methoxy groups -OCH3 is 1. The summed E-state index contributed by atoms with van der Waals surface area (Å²) in [6.07, 6.45) is 0.294. The summed E-state index contributed by atoms with van der Waals surface area (Å²) in [5.74, 6) is -1.07. The van der Waals surface area contributed by atoms with Gasteiger partial charge in [-0.2, -0.15) is 0 Å². The first-order valence-electron chi connectivity index (χ1n) is 4.64. The fourth-order valence-electron chi connectivity index (χ4n) is 1.39. The summed E-state index contributed by atoms with van der Waals surface area (Å²) in [4.78, 5) is 0. The molecule has 0 aliphatic carbocycles. The second-order valence-electron chi connectivity index (χ2n) is 4.23. The Labute approximate surface area is 88.0 Å². The van der Waals surface area contributed by atoms with Crippen LogP contribution in [0.25, 0.3) is 0 Å². The van der Waals surface area contributed by atoms with Gasteiger partial charge < -0.3 is 10.5 Å². The molecule has 84 valence electrons. The van der Waals surface area contributed by atoms with E-state index in [-0.39, 0.29) is 5.75 Å². The zero-order valence-electron chi connectivity index (χ0n) is 9.10. The van der Waals surface area contributed by atoms with Crippen molar-refractivity contribution in [2.45, 2.75) is 25.8 Å². The number of halogens is 2. The number of ether oxygens (including phenoxy) is 1. The Bertz CT molecular complexity index is 358. The molecule has 0 aliphatic rings. The Morgan fingerprint density at radius 3 is 2.40 bits per heavy atom. The van der Waals surface area contributed by atoms with Crippen LogP contribution >= 0.6 is 0 Å². The molecule has 0 radical (unpaired) electrons. The lowest BCUT2D eigenvalue weighted by Gasteiger charge is -2.20.